The second-order valence-corrected chi connectivity index (χ2v) is 4.82. The van der Waals surface area contributed by atoms with Crippen LogP contribution in [0, 0.1) is 0 Å². The fraction of sp³-hybridized carbons (Fsp3) is 0.188. The molecule has 1 atom stereocenters. The van der Waals surface area contributed by atoms with E-state index < -0.39 is 6.04 Å². The number of carbonyl (C=O) groups is 1. The van der Waals surface area contributed by atoms with Crippen molar-refractivity contribution in [3.8, 4) is 0 Å². The van der Waals surface area contributed by atoms with Crippen LogP contribution in [0.4, 0.5) is 0 Å². The number of aromatic nitrogens is 1. The zero-order chi connectivity index (χ0) is 14.7. The lowest BCUT2D eigenvalue weighted by Crippen LogP contribution is -2.33. The molecule has 3 rings (SSSR count). The van der Waals surface area contributed by atoms with E-state index in [4.69, 9.17) is 4.42 Å². The van der Waals surface area contributed by atoms with Crippen molar-refractivity contribution in [2.24, 2.45) is 0 Å². The third-order valence-electron chi connectivity index (χ3n) is 3.40. The van der Waals surface area contributed by atoms with Crippen molar-refractivity contribution >= 4 is 16.8 Å². The molecule has 0 radical (unpaired) electrons. The number of carbonyl (C=O) groups excluding carboxylic acids is 1. The smallest absolute Gasteiger partial charge is 0.240 e. The van der Waals surface area contributed by atoms with E-state index in [0.29, 0.717) is 5.76 Å². The van der Waals surface area contributed by atoms with Crippen molar-refractivity contribution in [1.82, 2.24) is 9.88 Å². The first-order valence-electron chi connectivity index (χ1n) is 6.75. The highest BCUT2D eigenvalue weighted by molar-refractivity contribution is 5.83. The summed E-state index contributed by atoms with van der Waals surface area (Å²) >= 11 is 0. The van der Waals surface area contributed by atoms with Gasteiger partial charge in [-0.25, -0.2) is 0 Å². The van der Waals surface area contributed by atoms with Gasteiger partial charge in [-0.2, -0.15) is 0 Å². The molecule has 108 valence electrons. The number of fused-ring (bicyclic) bond motifs is 1. The molecule has 0 saturated carbocycles. The van der Waals surface area contributed by atoms with Gasteiger partial charge >= 0.3 is 0 Å². The van der Waals surface area contributed by atoms with E-state index in [2.05, 4.69) is 5.32 Å². The predicted octanol–water partition coefficient (Wildman–Crippen LogP) is 2.08. The van der Waals surface area contributed by atoms with Gasteiger partial charge in [0, 0.05) is 11.7 Å². The van der Waals surface area contributed by atoms with Crippen LogP contribution in [-0.2, 0) is 11.3 Å². The molecule has 0 aliphatic heterocycles. The molecule has 5 nitrogen and oxygen atoms in total. The number of para-hydroxylation sites is 1. The maximum Gasteiger partial charge on any atom is 0.240 e. The highest BCUT2D eigenvalue weighted by Crippen LogP contribution is 2.16. The average molecular weight is 284 g/mol. The molecule has 2 N–H and O–H groups in total. The third kappa shape index (κ3) is 2.83. The summed E-state index contributed by atoms with van der Waals surface area (Å²) in [4.78, 5) is 12.1. The zero-order valence-electron chi connectivity index (χ0n) is 11.4. The van der Waals surface area contributed by atoms with Crippen molar-refractivity contribution in [2.45, 2.75) is 12.6 Å². The quantitative estimate of drug-likeness (QED) is 0.754. The largest absolute Gasteiger partial charge is 0.467 e. The minimum absolute atomic E-state index is 0.174. The lowest BCUT2D eigenvalue weighted by atomic mass is 10.2. The van der Waals surface area contributed by atoms with Crippen LogP contribution in [-0.4, -0.2) is 22.2 Å². The zero-order valence-corrected chi connectivity index (χ0v) is 11.4. The van der Waals surface area contributed by atoms with Crippen molar-refractivity contribution in [3.63, 3.8) is 0 Å². The Balaban J connectivity index is 1.71. The molecular weight excluding hydrogens is 268 g/mol. The molecule has 0 bridgehead atoms. The van der Waals surface area contributed by atoms with Gasteiger partial charge in [0.1, 0.15) is 18.3 Å². The number of nitrogens with one attached hydrogen (secondary N) is 1. The molecule has 1 aromatic carbocycles. The fourth-order valence-corrected chi connectivity index (χ4v) is 2.37. The summed E-state index contributed by atoms with van der Waals surface area (Å²) in [6.45, 7) is -0.00357. The Morgan fingerprint density at radius 1 is 1.24 bits per heavy atom. The first-order chi connectivity index (χ1) is 10.3. The van der Waals surface area contributed by atoms with Crippen molar-refractivity contribution in [3.05, 3.63) is 60.7 Å². The minimum atomic E-state index is -0.519. The van der Waals surface area contributed by atoms with Crippen LogP contribution in [0.25, 0.3) is 10.9 Å². The molecule has 21 heavy (non-hydrogen) atoms. The van der Waals surface area contributed by atoms with Gasteiger partial charge in [0.25, 0.3) is 0 Å². The first kappa shape index (κ1) is 13.5. The first-order valence-corrected chi connectivity index (χ1v) is 6.75. The standard InChI is InChI=1S/C16H16N2O3/c19-11-13(15-6-3-9-21-15)17-16(20)10-18-8-7-12-4-1-2-5-14(12)18/h1-9,13,19H,10-11H2,(H,17,20). The van der Waals surface area contributed by atoms with E-state index in [0.717, 1.165) is 10.9 Å². The summed E-state index contributed by atoms with van der Waals surface area (Å²) in [6.07, 6.45) is 3.40. The number of hydrogen-bond acceptors (Lipinski definition) is 3. The Hall–Kier alpha value is -2.53. The molecule has 0 spiro atoms. The van der Waals surface area contributed by atoms with Gasteiger partial charge in [0.05, 0.1) is 12.9 Å². The normalized spacial score (nSPS) is 12.4. The number of rotatable bonds is 5. The highest BCUT2D eigenvalue weighted by Gasteiger charge is 2.16. The van der Waals surface area contributed by atoms with E-state index in [1.165, 1.54) is 6.26 Å². The lowest BCUT2D eigenvalue weighted by molar-refractivity contribution is -0.122. The number of nitrogens with zero attached hydrogens (tertiary/aromatic N) is 1. The van der Waals surface area contributed by atoms with Gasteiger partial charge in [-0.15, -0.1) is 0 Å². The topological polar surface area (TPSA) is 67.4 Å². The van der Waals surface area contributed by atoms with E-state index >= 15 is 0 Å². The minimum Gasteiger partial charge on any atom is -0.467 e. The van der Waals surface area contributed by atoms with E-state index in [-0.39, 0.29) is 19.1 Å². The van der Waals surface area contributed by atoms with Gasteiger partial charge in [0.15, 0.2) is 0 Å². The van der Waals surface area contributed by atoms with Crippen LogP contribution in [0.15, 0.2) is 59.3 Å². The van der Waals surface area contributed by atoms with Gasteiger partial charge < -0.3 is 19.4 Å². The molecule has 0 fully saturated rings. The summed E-state index contributed by atoms with van der Waals surface area (Å²) in [7, 11) is 0. The van der Waals surface area contributed by atoms with E-state index in [1.54, 1.807) is 12.1 Å². The van der Waals surface area contributed by atoms with E-state index in [1.807, 2.05) is 41.1 Å². The van der Waals surface area contributed by atoms with Crippen LogP contribution in [0.5, 0.6) is 0 Å². The van der Waals surface area contributed by atoms with Crippen LogP contribution in [0.3, 0.4) is 0 Å². The molecule has 2 aromatic heterocycles. The number of aliphatic hydroxyl groups excluding tert-OH is 1. The number of amides is 1. The summed E-state index contributed by atoms with van der Waals surface area (Å²) in [5.74, 6) is 0.370. The molecule has 3 aromatic rings. The van der Waals surface area contributed by atoms with Crippen LogP contribution >= 0.6 is 0 Å². The lowest BCUT2D eigenvalue weighted by Gasteiger charge is -2.14. The predicted molar refractivity (Wildman–Crippen MR) is 78.6 cm³/mol. The average Bonchev–Trinajstić information content (AvgIpc) is 3.15. The monoisotopic (exact) mass is 284 g/mol. The number of hydrogen-bond donors (Lipinski definition) is 2. The molecule has 1 unspecified atom stereocenters. The maximum atomic E-state index is 12.1. The van der Waals surface area contributed by atoms with E-state index in [9.17, 15) is 9.90 Å². The Morgan fingerprint density at radius 3 is 2.86 bits per heavy atom. The number of furan rings is 1. The van der Waals surface area contributed by atoms with Crippen molar-refractivity contribution in [2.75, 3.05) is 6.61 Å². The Labute approximate surface area is 121 Å². The summed E-state index contributed by atoms with van der Waals surface area (Å²) in [6, 6.07) is 12.8. The molecule has 0 saturated heterocycles. The molecular formula is C16H16N2O3. The summed E-state index contributed by atoms with van der Waals surface area (Å²) < 4.78 is 7.09. The Bertz CT molecular complexity index is 731. The fourth-order valence-electron chi connectivity index (χ4n) is 2.37. The highest BCUT2D eigenvalue weighted by atomic mass is 16.3. The second-order valence-electron chi connectivity index (χ2n) is 4.82. The third-order valence-corrected chi connectivity index (χ3v) is 3.40. The summed E-state index contributed by atoms with van der Waals surface area (Å²) in [5.41, 5.74) is 1.01. The number of benzene rings is 1. The number of aliphatic hydroxyl groups is 1. The van der Waals surface area contributed by atoms with Crippen molar-refractivity contribution < 1.29 is 14.3 Å². The second kappa shape index (κ2) is 5.85. The van der Waals surface area contributed by atoms with Crippen LogP contribution < -0.4 is 5.32 Å². The molecule has 2 heterocycles. The van der Waals surface area contributed by atoms with Gasteiger partial charge in [0.2, 0.25) is 5.91 Å². The van der Waals surface area contributed by atoms with Crippen molar-refractivity contribution in [1.29, 1.82) is 0 Å². The van der Waals surface area contributed by atoms with Gasteiger partial charge in [-0.05, 0) is 29.7 Å². The van der Waals surface area contributed by atoms with Crippen LogP contribution in [0.1, 0.15) is 11.8 Å². The maximum absolute atomic E-state index is 12.1. The van der Waals surface area contributed by atoms with Crippen LogP contribution in [0.2, 0.25) is 0 Å². The molecule has 5 heteroatoms. The Morgan fingerprint density at radius 2 is 2.10 bits per heavy atom. The SMILES string of the molecule is O=C(Cn1ccc2ccccc21)NC(CO)c1ccco1. The Kier molecular flexibility index (Phi) is 3.75. The summed E-state index contributed by atoms with van der Waals surface area (Å²) in [5, 5.41) is 13.2. The molecule has 0 aliphatic carbocycles. The van der Waals surface area contributed by atoms with Gasteiger partial charge in [-0.1, -0.05) is 18.2 Å². The molecule has 0 aliphatic rings. The van der Waals surface area contributed by atoms with Gasteiger partial charge in [-0.3, -0.25) is 4.79 Å². The molecule has 1 amide bonds.